The molecule has 0 atom stereocenters. The number of hydrogen-bond donors (Lipinski definition) is 3. The fraction of sp³-hybridized carbons (Fsp3) is 0.0769. The molecule has 2 aromatic rings. The monoisotopic (exact) mass is 278 g/mol. The molecule has 0 radical (unpaired) electrons. The topological polar surface area (TPSA) is 94.8 Å². The third-order valence-electron chi connectivity index (χ3n) is 2.63. The van der Waals surface area contributed by atoms with Crippen LogP contribution in [0.1, 0.15) is 21.5 Å². The average Bonchev–Trinajstić information content (AvgIpc) is 2.91. The van der Waals surface area contributed by atoms with Crippen molar-refractivity contribution in [1.29, 1.82) is 0 Å². The van der Waals surface area contributed by atoms with E-state index in [1.54, 1.807) is 16.8 Å². The number of carbonyl (C=O) groups excluding carboxylic acids is 1. The number of carboxylic acid groups (broad SMARTS) is 1. The minimum Gasteiger partial charge on any atom is -0.477 e. The van der Waals surface area contributed by atoms with Gasteiger partial charge in [0.15, 0.2) is 5.78 Å². The first-order chi connectivity index (χ1) is 8.94. The van der Waals surface area contributed by atoms with E-state index >= 15 is 0 Å². The van der Waals surface area contributed by atoms with Gasteiger partial charge in [-0.1, -0.05) is 24.3 Å². The zero-order valence-corrected chi connectivity index (χ0v) is 10.4. The predicted molar refractivity (Wildman–Crippen MR) is 67.9 cm³/mol. The van der Waals surface area contributed by atoms with Crippen molar-refractivity contribution in [2.75, 3.05) is 0 Å². The molecular weight excluding hydrogens is 268 g/mol. The molecule has 5 nitrogen and oxygen atoms in total. The van der Waals surface area contributed by atoms with Crippen molar-refractivity contribution in [2.24, 2.45) is 0 Å². The normalized spacial score (nSPS) is 11.3. The lowest BCUT2D eigenvalue weighted by Gasteiger charge is -2.19. The number of aliphatic carboxylic acids is 1. The number of hydrogen-bond acceptors (Lipinski definition) is 5. The highest BCUT2D eigenvalue weighted by Gasteiger charge is 2.38. The minimum atomic E-state index is -3.09. The van der Waals surface area contributed by atoms with Gasteiger partial charge in [0, 0.05) is 22.1 Å². The summed E-state index contributed by atoms with van der Waals surface area (Å²) >= 11 is 1.32. The van der Waals surface area contributed by atoms with Gasteiger partial charge < -0.3 is 15.3 Å². The molecular formula is C13H10O5S. The fourth-order valence-corrected chi connectivity index (χ4v) is 2.29. The molecule has 0 aliphatic carbocycles. The van der Waals surface area contributed by atoms with Crippen LogP contribution in [0.2, 0.25) is 0 Å². The number of carbonyl (C=O) groups is 2. The lowest BCUT2D eigenvalue weighted by molar-refractivity contribution is -0.208. The molecule has 0 fully saturated rings. The van der Waals surface area contributed by atoms with Gasteiger partial charge in [-0.15, -0.1) is 0 Å². The highest BCUT2D eigenvalue weighted by molar-refractivity contribution is 7.08. The van der Waals surface area contributed by atoms with E-state index in [9.17, 15) is 19.8 Å². The number of thiophene rings is 1. The zero-order valence-electron chi connectivity index (χ0n) is 9.61. The lowest BCUT2D eigenvalue weighted by atomic mass is 9.94. The molecule has 2 rings (SSSR count). The maximum absolute atomic E-state index is 12.2. The highest BCUT2D eigenvalue weighted by atomic mass is 32.1. The molecule has 0 unspecified atom stereocenters. The van der Waals surface area contributed by atoms with Gasteiger partial charge in [0.05, 0.1) is 0 Å². The smallest absolute Gasteiger partial charge is 0.369 e. The summed E-state index contributed by atoms with van der Waals surface area (Å²) in [5.74, 6) is -5.38. The van der Waals surface area contributed by atoms with E-state index in [0.29, 0.717) is 5.56 Å². The molecule has 1 aromatic heterocycles. The first-order valence-corrected chi connectivity index (χ1v) is 6.23. The lowest BCUT2D eigenvalue weighted by Crippen LogP contribution is -2.36. The summed E-state index contributed by atoms with van der Waals surface area (Å²) in [4.78, 5) is 23.1. The van der Waals surface area contributed by atoms with Gasteiger partial charge in [-0.3, -0.25) is 4.79 Å². The van der Waals surface area contributed by atoms with Crippen LogP contribution in [0.15, 0.2) is 41.1 Å². The molecule has 0 amide bonds. The molecule has 0 aliphatic heterocycles. The first kappa shape index (κ1) is 13.4. The molecule has 3 N–H and O–H groups in total. The molecule has 6 heteroatoms. The van der Waals surface area contributed by atoms with E-state index in [0.717, 1.165) is 0 Å². The average molecular weight is 278 g/mol. The minimum absolute atomic E-state index is 0.0479. The molecule has 0 saturated carbocycles. The second kappa shape index (κ2) is 4.93. The Hall–Kier alpha value is -2.02. The van der Waals surface area contributed by atoms with Crippen LogP contribution in [0, 0.1) is 0 Å². The van der Waals surface area contributed by atoms with Crippen LogP contribution in [0.4, 0.5) is 0 Å². The van der Waals surface area contributed by atoms with Crippen molar-refractivity contribution < 1.29 is 24.9 Å². The third kappa shape index (κ3) is 2.41. The number of benzene rings is 1. The van der Waals surface area contributed by atoms with Gasteiger partial charge in [0.1, 0.15) is 0 Å². The van der Waals surface area contributed by atoms with E-state index in [4.69, 9.17) is 5.11 Å². The Kier molecular flexibility index (Phi) is 3.48. The van der Waals surface area contributed by atoms with Gasteiger partial charge in [-0.25, -0.2) is 4.79 Å². The van der Waals surface area contributed by atoms with Crippen molar-refractivity contribution >= 4 is 23.1 Å². The van der Waals surface area contributed by atoms with Crippen molar-refractivity contribution in [2.45, 2.75) is 5.79 Å². The Morgan fingerprint density at radius 1 is 1.11 bits per heavy atom. The Balaban J connectivity index is 2.54. The second-order valence-electron chi connectivity index (χ2n) is 3.86. The summed E-state index contributed by atoms with van der Waals surface area (Å²) in [6.45, 7) is 0. The summed E-state index contributed by atoms with van der Waals surface area (Å²) < 4.78 is 0. The predicted octanol–water partition coefficient (Wildman–Crippen LogP) is 1.20. The van der Waals surface area contributed by atoms with E-state index < -0.39 is 17.5 Å². The highest BCUT2D eigenvalue weighted by Crippen LogP contribution is 2.25. The Labute approximate surface area is 112 Å². The van der Waals surface area contributed by atoms with Gasteiger partial charge >= 0.3 is 5.97 Å². The first-order valence-electron chi connectivity index (χ1n) is 5.29. The Bertz CT molecular complexity index is 616. The molecule has 19 heavy (non-hydrogen) atoms. The maximum Gasteiger partial charge on any atom is 0.369 e. The Morgan fingerprint density at radius 3 is 2.37 bits per heavy atom. The standard InChI is InChI=1S/C13H10O5S/c14-11(8-5-6-19-7-8)9-3-1-2-4-10(9)13(17,18)12(15)16/h1-7,17-18H,(H,15,16). The number of aliphatic hydroxyl groups is 2. The van der Waals surface area contributed by atoms with E-state index in [1.165, 1.54) is 35.6 Å². The van der Waals surface area contributed by atoms with Crippen LogP contribution in [-0.4, -0.2) is 27.1 Å². The van der Waals surface area contributed by atoms with Crippen LogP contribution >= 0.6 is 11.3 Å². The van der Waals surface area contributed by atoms with Gasteiger partial charge in [-0.2, -0.15) is 11.3 Å². The fourth-order valence-electron chi connectivity index (χ4n) is 1.65. The summed E-state index contributed by atoms with van der Waals surface area (Å²) in [6.07, 6.45) is 0. The van der Waals surface area contributed by atoms with Crippen LogP contribution in [0.3, 0.4) is 0 Å². The van der Waals surface area contributed by atoms with Crippen LogP contribution in [0.25, 0.3) is 0 Å². The summed E-state index contributed by atoms with van der Waals surface area (Å²) in [5.41, 5.74) is -0.0226. The van der Waals surface area contributed by atoms with Crippen molar-refractivity contribution in [3.05, 3.63) is 57.8 Å². The maximum atomic E-state index is 12.2. The molecule has 0 spiro atoms. The summed E-state index contributed by atoms with van der Waals surface area (Å²) in [7, 11) is 0. The second-order valence-corrected chi connectivity index (χ2v) is 4.64. The molecule has 1 aromatic carbocycles. The largest absolute Gasteiger partial charge is 0.477 e. The third-order valence-corrected chi connectivity index (χ3v) is 3.31. The van der Waals surface area contributed by atoms with E-state index in [-0.39, 0.29) is 11.1 Å². The molecule has 1 heterocycles. The molecule has 0 saturated heterocycles. The van der Waals surface area contributed by atoms with E-state index in [2.05, 4.69) is 0 Å². The number of ketones is 1. The number of carboxylic acids is 1. The van der Waals surface area contributed by atoms with Crippen LogP contribution < -0.4 is 0 Å². The quantitative estimate of drug-likeness (QED) is 0.577. The summed E-state index contributed by atoms with van der Waals surface area (Å²) in [5, 5.41) is 31.3. The molecule has 0 bridgehead atoms. The van der Waals surface area contributed by atoms with Crippen molar-refractivity contribution in [3.8, 4) is 0 Å². The Morgan fingerprint density at radius 2 is 1.79 bits per heavy atom. The van der Waals surface area contributed by atoms with Crippen molar-refractivity contribution in [3.63, 3.8) is 0 Å². The van der Waals surface area contributed by atoms with Gasteiger partial charge in [-0.05, 0) is 11.4 Å². The number of rotatable bonds is 4. The van der Waals surface area contributed by atoms with Crippen LogP contribution in [-0.2, 0) is 10.6 Å². The molecule has 0 aliphatic rings. The van der Waals surface area contributed by atoms with Crippen molar-refractivity contribution in [1.82, 2.24) is 0 Å². The SMILES string of the molecule is O=C(c1ccsc1)c1ccccc1C(O)(O)C(=O)O. The zero-order chi connectivity index (χ0) is 14.0. The van der Waals surface area contributed by atoms with E-state index in [1.807, 2.05) is 0 Å². The summed E-state index contributed by atoms with van der Waals surface area (Å²) in [6, 6.07) is 7.11. The van der Waals surface area contributed by atoms with Gasteiger partial charge in [0.2, 0.25) is 0 Å². The van der Waals surface area contributed by atoms with Gasteiger partial charge in [0.25, 0.3) is 5.79 Å². The molecule has 98 valence electrons. The van der Waals surface area contributed by atoms with Crippen LogP contribution in [0.5, 0.6) is 0 Å².